The van der Waals surface area contributed by atoms with Crippen LogP contribution in [0.25, 0.3) is 0 Å². The van der Waals surface area contributed by atoms with Gasteiger partial charge in [0.25, 0.3) is 0 Å². The maximum absolute atomic E-state index is 10.9. The van der Waals surface area contributed by atoms with E-state index in [0.29, 0.717) is 19.9 Å². The molecule has 1 aliphatic rings. The molecule has 0 aromatic carbocycles. The summed E-state index contributed by atoms with van der Waals surface area (Å²) in [5.41, 5.74) is 0. The van der Waals surface area contributed by atoms with Gasteiger partial charge < -0.3 is 14.4 Å². The van der Waals surface area contributed by atoms with Crippen LogP contribution in [0.4, 0.5) is 0 Å². The van der Waals surface area contributed by atoms with Crippen molar-refractivity contribution in [3.05, 3.63) is 0 Å². The lowest BCUT2D eigenvalue weighted by Crippen LogP contribution is -2.42. The number of methoxy groups -OCH3 is 1. The van der Waals surface area contributed by atoms with Crippen molar-refractivity contribution in [2.45, 2.75) is 0 Å². The molecule has 74 valence electrons. The van der Waals surface area contributed by atoms with E-state index in [0.717, 1.165) is 0 Å². The molecule has 1 aliphatic heterocycles. The van der Waals surface area contributed by atoms with Crippen molar-refractivity contribution in [3.8, 4) is 0 Å². The van der Waals surface area contributed by atoms with Gasteiger partial charge in [-0.25, -0.2) is 0 Å². The highest BCUT2D eigenvalue weighted by Gasteiger charge is 2.17. The minimum absolute atomic E-state index is 0. The Labute approximate surface area is 84.0 Å². The van der Waals surface area contributed by atoms with Crippen LogP contribution >= 0.6 is 24.8 Å². The molecule has 1 saturated heterocycles. The Bertz CT molecular complexity index is 132. The molecule has 1 amide bonds. The summed E-state index contributed by atoms with van der Waals surface area (Å²) in [5.74, 6) is 0.00750. The summed E-state index contributed by atoms with van der Waals surface area (Å²) in [7, 11) is 1.57. The number of amides is 1. The van der Waals surface area contributed by atoms with Crippen LogP contribution in [0.15, 0.2) is 0 Å². The van der Waals surface area contributed by atoms with Crippen molar-refractivity contribution >= 4 is 30.7 Å². The van der Waals surface area contributed by atoms with Crippen LogP contribution in [-0.2, 0) is 14.3 Å². The van der Waals surface area contributed by atoms with Crippen LogP contribution in [0.5, 0.6) is 0 Å². The molecule has 0 bridgehead atoms. The van der Waals surface area contributed by atoms with Gasteiger partial charge in [0.2, 0.25) is 5.91 Å². The first-order valence-corrected chi connectivity index (χ1v) is 3.19. The second-order valence-corrected chi connectivity index (χ2v) is 2.13. The molecule has 0 aromatic heterocycles. The normalized spacial score (nSPS) is 16.4. The Morgan fingerprint density at radius 1 is 1.58 bits per heavy atom. The standard InChI is InChI=1S/C6H11NO3.2ClH/c1-9-5-7-2-3-10-4-6(7)8;;/h2-5H2,1H3;2*1H. The number of rotatable bonds is 2. The van der Waals surface area contributed by atoms with E-state index in [1.807, 2.05) is 0 Å². The summed E-state index contributed by atoms with van der Waals surface area (Å²) >= 11 is 0. The zero-order valence-electron chi connectivity index (χ0n) is 6.82. The summed E-state index contributed by atoms with van der Waals surface area (Å²) in [4.78, 5) is 12.5. The zero-order chi connectivity index (χ0) is 7.40. The van der Waals surface area contributed by atoms with Gasteiger partial charge in [-0.2, -0.15) is 0 Å². The van der Waals surface area contributed by atoms with Crippen LogP contribution in [0.3, 0.4) is 0 Å². The van der Waals surface area contributed by atoms with Gasteiger partial charge in [0, 0.05) is 13.7 Å². The molecule has 0 aliphatic carbocycles. The lowest BCUT2D eigenvalue weighted by Gasteiger charge is -2.25. The molecule has 12 heavy (non-hydrogen) atoms. The monoisotopic (exact) mass is 217 g/mol. The minimum atomic E-state index is 0. The number of carbonyl (C=O) groups excluding carboxylic acids is 1. The Morgan fingerprint density at radius 3 is 2.75 bits per heavy atom. The predicted molar refractivity (Wildman–Crippen MR) is 48.9 cm³/mol. The van der Waals surface area contributed by atoms with E-state index in [4.69, 9.17) is 9.47 Å². The van der Waals surface area contributed by atoms with Crippen molar-refractivity contribution in [1.82, 2.24) is 4.90 Å². The quantitative estimate of drug-likeness (QED) is 0.668. The fourth-order valence-electron chi connectivity index (χ4n) is 0.843. The van der Waals surface area contributed by atoms with Gasteiger partial charge in [0.15, 0.2) is 0 Å². The first-order valence-electron chi connectivity index (χ1n) is 3.19. The summed E-state index contributed by atoms with van der Waals surface area (Å²) in [6.07, 6.45) is 0. The highest BCUT2D eigenvalue weighted by atomic mass is 35.5. The van der Waals surface area contributed by atoms with Crippen molar-refractivity contribution in [2.24, 2.45) is 0 Å². The van der Waals surface area contributed by atoms with Crippen molar-refractivity contribution in [3.63, 3.8) is 0 Å². The van der Waals surface area contributed by atoms with E-state index in [2.05, 4.69) is 0 Å². The summed E-state index contributed by atoms with van der Waals surface area (Å²) < 4.78 is 9.71. The largest absolute Gasteiger partial charge is 0.370 e. The van der Waals surface area contributed by atoms with Gasteiger partial charge in [0.1, 0.15) is 13.3 Å². The first kappa shape index (κ1) is 14.5. The molecule has 6 heteroatoms. The number of morpholine rings is 1. The van der Waals surface area contributed by atoms with Gasteiger partial charge >= 0.3 is 0 Å². The number of ether oxygens (including phenoxy) is 2. The molecule has 1 rings (SSSR count). The first-order chi connectivity index (χ1) is 4.84. The van der Waals surface area contributed by atoms with E-state index in [1.165, 1.54) is 0 Å². The maximum Gasteiger partial charge on any atom is 0.250 e. The second-order valence-electron chi connectivity index (χ2n) is 2.13. The fourth-order valence-corrected chi connectivity index (χ4v) is 0.843. The lowest BCUT2D eigenvalue weighted by molar-refractivity contribution is -0.148. The van der Waals surface area contributed by atoms with E-state index in [-0.39, 0.29) is 37.3 Å². The molecule has 4 nitrogen and oxygen atoms in total. The molecule has 0 saturated carbocycles. The van der Waals surface area contributed by atoms with E-state index < -0.39 is 0 Å². The summed E-state index contributed by atoms with van der Waals surface area (Å²) in [6, 6.07) is 0. The molecule has 0 aromatic rings. The molecule has 0 atom stereocenters. The number of halogens is 2. The predicted octanol–water partition coefficient (Wildman–Crippen LogP) is 0.293. The van der Waals surface area contributed by atoms with E-state index in [9.17, 15) is 4.79 Å². The van der Waals surface area contributed by atoms with Gasteiger partial charge in [-0.05, 0) is 0 Å². The van der Waals surface area contributed by atoms with E-state index in [1.54, 1.807) is 12.0 Å². The van der Waals surface area contributed by atoms with Gasteiger partial charge in [-0.3, -0.25) is 4.79 Å². The average molecular weight is 218 g/mol. The highest BCUT2D eigenvalue weighted by Crippen LogP contribution is 1.97. The minimum Gasteiger partial charge on any atom is -0.370 e. The Hall–Kier alpha value is -0.0300. The van der Waals surface area contributed by atoms with Crippen LogP contribution < -0.4 is 0 Å². The fraction of sp³-hybridized carbons (Fsp3) is 0.833. The van der Waals surface area contributed by atoms with Crippen LogP contribution in [0, 0.1) is 0 Å². The molecular weight excluding hydrogens is 205 g/mol. The van der Waals surface area contributed by atoms with Gasteiger partial charge in [-0.1, -0.05) is 0 Å². The molecule has 0 radical (unpaired) electrons. The smallest absolute Gasteiger partial charge is 0.250 e. The third-order valence-corrected chi connectivity index (χ3v) is 1.37. The number of hydrogen-bond donors (Lipinski definition) is 0. The zero-order valence-corrected chi connectivity index (χ0v) is 8.45. The topological polar surface area (TPSA) is 38.8 Å². The average Bonchev–Trinajstić information content (AvgIpc) is 1.94. The molecule has 0 spiro atoms. The van der Waals surface area contributed by atoms with Crippen LogP contribution in [0.1, 0.15) is 0 Å². The maximum atomic E-state index is 10.9. The molecule has 0 N–H and O–H groups in total. The molecular formula is C6H13Cl2NO3. The van der Waals surface area contributed by atoms with Crippen LogP contribution in [-0.4, -0.2) is 44.4 Å². The third-order valence-electron chi connectivity index (χ3n) is 1.37. The molecule has 1 heterocycles. The van der Waals surface area contributed by atoms with Crippen LogP contribution in [0.2, 0.25) is 0 Å². The van der Waals surface area contributed by atoms with Gasteiger partial charge in [0.05, 0.1) is 6.61 Å². The number of hydrogen-bond acceptors (Lipinski definition) is 3. The SMILES string of the molecule is COCN1CCOCC1=O.Cl.Cl. The number of nitrogens with zero attached hydrogens (tertiary/aromatic N) is 1. The highest BCUT2D eigenvalue weighted by molar-refractivity contribution is 5.85. The second kappa shape index (κ2) is 7.61. The van der Waals surface area contributed by atoms with E-state index >= 15 is 0 Å². The number of carbonyl (C=O) groups is 1. The third kappa shape index (κ3) is 4.11. The Kier molecular flexibility index (Phi) is 9.19. The van der Waals surface area contributed by atoms with Crippen molar-refractivity contribution in [2.75, 3.05) is 33.6 Å². The summed E-state index contributed by atoms with van der Waals surface area (Å²) in [5, 5.41) is 0. The van der Waals surface area contributed by atoms with Crippen molar-refractivity contribution in [1.29, 1.82) is 0 Å². The van der Waals surface area contributed by atoms with Crippen molar-refractivity contribution < 1.29 is 14.3 Å². The molecule has 1 fully saturated rings. The Balaban J connectivity index is 0. The lowest BCUT2D eigenvalue weighted by atomic mass is 10.4. The van der Waals surface area contributed by atoms with Gasteiger partial charge in [-0.15, -0.1) is 24.8 Å². The molecule has 0 unspecified atom stereocenters. The summed E-state index contributed by atoms with van der Waals surface area (Å²) in [6.45, 7) is 1.84. The Morgan fingerprint density at radius 2 is 2.25 bits per heavy atom.